The molecule has 4 heteroatoms. The van der Waals surface area contributed by atoms with E-state index in [1.165, 1.54) is 23.9 Å². The molecule has 0 saturated heterocycles. The number of rotatable bonds is 3. The summed E-state index contributed by atoms with van der Waals surface area (Å²) in [7, 11) is 2.09. The van der Waals surface area contributed by atoms with Crippen molar-refractivity contribution in [2.75, 3.05) is 0 Å². The molecule has 90 valence electrons. The first-order valence-corrected chi connectivity index (χ1v) is 6.79. The van der Waals surface area contributed by atoms with Gasteiger partial charge in [-0.3, -0.25) is 0 Å². The van der Waals surface area contributed by atoms with Gasteiger partial charge in [-0.05, 0) is 53.4 Å². The van der Waals surface area contributed by atoms with E-state index in [2.05, 4.69) is 51.9 Å². The van der Waals surface area contributed by atoms with Gasteiger partial charge in [0.05, 0.1) is 12.1 Å². The topological polar surface area (TPSA) is 29.9 Å². The standard InChI is InChI=1S/C13H16BrN3/c1-8-5-10(14)13-11(6-8)17(2)12(16-13)7-15-9-3-4-9/h5-6,9,15H,3-4,7H2,1-2H3. The maximum absolute atomic E-state index is 4.71. The van der Waals surface area contributed by atoms with Crippen molar-refractivity contribution in [2.24, 2.45) is 7.05 Å². The van der Waals surface area contributed by atoms with Gasteiger partial charge in [-0.2, -0.15) is 0 Å². The predicted molar refractivity (Wildman–Crippen MR) is 73.0 cm³/mol. The lowest BCUT2D eigenvalue weighted by Gasteiger charge is -2.03. The van der Waals surface area contributed by atoms with Gasteiger partial charge in [-0.15, -0.1) is 0 Å². The fourth-order valence-corrected chi connectivity index (χ4v) is 2.76. The highest BCUT2D eigenvalue weighted by Crippen LogP contribution is 2.26. The molecule has 1 saturated carbocycles. The third-order valence-corrected chi connectivity index (χ3v) is 3.91. The van der Waals surface area contributed by atoms with E-state index >= 15 is 0 Å². The normalized spacial score (nSPS) is 15.7. The van der Waals surface area contributed by atoms with Crippen LogP contribution in [0.5, 0.6) is 0 Å². The zero-order valence-corrected chi connectivity index (χ0v) is 11.7. The highest BCUT2D eigenvalue weighted by molar-refractivity contribution is 9.10. The summed E-state index contributed by atoms with van der Waals surface area (Å²) < 4.78 is 3.27. The number of halogens is 1. The average molecular weight is 294 g/mol. The van der Waals surface area contributed by atoms with Gasteiger partial charge < -0.3 is 9.88 Å². The summed E-state index contributed by atoms with van der Waals surface area (Å²) in [6, 6.07) is 5.03. The minimum absolute atomic E-state index is 0.722. The van der Waals surface area contributed by atoms with Crippen LogP contribution < -0.4 is 5.32 Å². The van der Waals surface area contributed by atoms with Crippen molar-refractivity contribution in [1.82, 2.24) is 14.9 Å². The van der Waals surface area contributed by atoms with Gasteiger partial charge in [0.1, 0.15) is 11.3 Å². The molecule has 0 radical (unpaired) electrons. The average Bonchev–Trinajstić information content (AvgIpc) is 3.04. The highest BCUT2D eigenvalue weighted by Gasteiger charge is 2.21. The number of hydrogen-bond acceptors (Lipinski definition) is 2. The van der Waals surface area contributed by atoms with E-state index in [1.807, 2.05) is 0 Å². The van der Waals surface area contributed by atoms with Crippen LogP contribution in [0.3, 0.4) is 0 Å². The van der Waals surface area contributed by atoms with Crippen LogP contribution in [-0.2, 0) is 13.6 Å². The van der Waals surface area contributed by atoms with E-state index in [0.717, 1.165) is 28.4 Å². The molecule has 3 nitrogen and oxygen atoms in total. The van der Waals surface area contributed by atoms with Crippen molar-refractivity contribution in [3.63, 3.8) is 0 Å². The Morgan fingerprint density at radius 3 is 2.94 bits per heavy atom. The van der Waals surface area contributed by atoms with Crippen molar-refractivity contribution in [1.29, 1.82) is 0 Å². The Bertz CT molecular complexity index is 570. The molecule has 17 heavy (non-hydrogen) atoms. The number of nitrogens with one attached hydrogen (secondary N) is 1. The van der Waals surface area contributed by atoms with Crippen LogP contribution in [0.2, 0.25) is 0 Å². The van der Waals surface area contributed by atoms with Crippen molar-refractivity contribution < 1.29 is 0 Å². The van der Waals surface area contributed by atoms with Crippen molar-refractivity contribution >= 4 is 27.0 Å². The molecule has 2 aromatic rings. The van der Waals surface area contributed by atoms with Gasteiger partial charge in [0.15, 0.2) is 0 Å². The Morgan fingerprint density at radius 2 is 2.24 bits per heavy atom. The second kappa shape index (κ2) is 4.10. The van der Waals surface area contributed by atoms with Crippen molar-refractivity contribution in [3.05, 3.63) is 28.0 Å². The molecule has 1 aliphatic rings. The molecule has 0 amide bonds. The lowest BCUT2D eigenvalue weighted by atomic mass is 10.2. The summed E-state index contributed by atoms with van der Waals surface area (Å²) in [4.78, 5) is 4.71. The fourth-order valence-electron chi connectivity index (χ4n) is 2.11. The van der Waals surface area contributed by atoms with Gasteiger partial charge in [0, 0.05) is 17.6 Å². The van der Waals surface area contributed by atoms with Crippen LogP contribution in [0.4, 0.5) is 0 Å². The van der Waals surface area contributed by atoms with Crippen LogP contribution in [0.25, 0.3) is 11.0 Å². The van der Waals surface area contributed by atoms with E-state index in [0.29, 0.717) is 0 Å². The fraction of sp³-hybridized carbons (Fsp3) is 0.462. The van der Waals surface area contributed by atoms with Crippen LogP contribution in [0.15, 0.2) is 16.6 Å². The maximum Gasteiger partial charge on any atom is 0.123 e. The van der Waals surface area contributed by atoms with Crippen LogP contribution in [0.1, 0.15) is 24.2 Å². The van der Waals surface area contributed by atoms with Gasteiger partial charge in [-0.25, -0.2) is 4.98 Å². The quantitative estimate of drug-likeness (QED) is 0.943. The first kappa shape index (κ1) is 11.2. The molecule has 0 spiro atoms. The first-order chi connectivity index (χ1) is 8.15. The molecule has 1 aromatic carbocycles. The van der Waals surface area contributed by atoms with Gasteiger partial charge in [0.25, 0.3) is 0 Å². The van der Waals surface area contributed by atoms with Crippen LogP contribution >= 0.6 is 15.9 Å². The molecule has 3 rings (SSSR count). The van der Waals surface area contributed by atoms with E-state index in [9.17, 15) is 0 Å². The number of hydrogen-bond donors (Lipinski definition) is 1. The summed E-state index contributed by atoms with van der Waals surface area (Å²) in [5.74, 6) is 1.11. The van der Waals surface area contributed by atoms with Gasteiger partial charge in [0.2, 0.25) is 0 Å². The van der Waals surface area contributed by atoms with E-state index in [4.69, 9.17) is 4.98 Å². The predicted octanol–water partition coefficient (Wildman–Crippen LogP) is 2.90. The summed E-state index contributed by atoms with van der Waals surface area (Å²) in [5, 5.41) is 3.51. The Balaban J connectivity index is 2.01. The Morgan fingerprint density at radius 1 is 1.47 bits per heavy atom. The minimum atomic E-state index is 0.722. The molecule has 1 aromatic heterocycles. The molecular weight excluding hydrogens is 278 g/mol. The Hall–Kier alpha value is -0.870. The third kappa shape index (κ3) is 2.11. The zero-order chi connectivity index (χ0) is 12.0. The Labute approximate surface area is 109 Å². The molecule has 0 unspecified atom stereocenters. The lowest BCUT2D eigenvalue weighted by molar-refractivity contribution is 0.639. The van der Waals surface area contributed by atoms with Crippen LogP contribution in [-0.4, -0.2) is 15.6 Å². The second-order valence-corrected chi connectivity index (χ2v) is 5.71. The third-order valence-electron chi connectivity index (χ3n) is 3.30. The van der Waals surface area contributed by atoms with Crippen molar-refractivity contribution in [2.45, 2.75) is 32.4 Å². The summed E-state index contributed by atoms with van der Waals surface area (Å²) in [5.41, 5.74) is 3.52. The van der Waals surface area contributed by atoms with E-state index in [-0.39, 0.29) is 0 Å². The SMILES string of the molecule is Cc1cc(Br)c2nc(CNC3CC3)n(C)c2c1. The molecular formula is C13H16BrN3. The molecule has 0 aliphatic heterocycles. The molecule has 1 aliphatic carbocycles. The molecule has 1 N–H and O–H groups in total. The van der Waals surface area contributed by atoms with Crippen LogP contribution in [0, 0.1) is 6.92 Å². The molecule has 1 fully saturated rings. The van der Waals surface area contributed by atoms with E-state index < -0.39 is 0 Å². The Kier molecular flexibility index (Phi) is 2.71. The summed E-state index contributed by atoms with van der Waals surface area (Å²) in [6.45, 7) is 2.97. The molecule has 0 atom stereocenters. The number of imidazole rings is 1. The number of benzene rings is 1. The highest BCUT2D eigenvalue weighted by atomic mass is 79.9. The number of nitrogens with zero attached hydrogens (tertiary/aromatic N) is 2. The van der Waals surface area contributed by atoms with Gasteiger partial charge in [-0.1, -0.05) is 0 Å². The maximum atomic E-state index is 4.71. The lowest BCUT2D eigenvalue weighted by Crippen LogP contribution is -2.18. The number of fused-ring (bicyclic) bond motifs is 1. The van der Waals surface area contributed by atoms with Gasteiger partial charge >= 0.3 is 0 Å². The second-order valence-electron chi connectivity index (χ2n) is 4.86. The smallest absolute Gasteiger partial charge is 0.123 e. The molecule has 0 bridgehead atoms. The monoisotopic (exact) mass is 293 g/mol. The van der Waals surface area contributed by atoms with E-state index in [1.54, 1.807) is 0 Å². The number of aromatic nitrogens is 2. The zero-order valence-electron chi connectivity index (χ0n) is 10.1. The summed E-state index contributed by atoms with van der Waals surface area (Å²) >= 11 is 3.59. The largest absolute Gasteiger partial charge is 0.330 e. The van der Waals surface area contributed by atoms with Crippen molar-refractivity contribution in [3.8, 4) is 0 Å². The number of aryl methyl sites for hydroxylation is 2. The first-order valence-electron chi connectivity index (χ1n) is 6.00. The molecule has 1 heterocycles. The summed E-state index contributed by atoms with van der Waals surface area (Å²) in [6.07, 6.45) is 2.62. The minimum Gasteiger partial charge on any atom is -0.330 e.